The van der Waals surface area contributed by atoms with Crippen molar-refractivity contribution in [2.45, 2.75) is 25.7 Å². The van der Waals surface area contributed by atoms with Gasteiger partial charge in [-0.3, -0.25) is 9.69 Å². The van der Waals surface area contributed by atoms with E-state index in [0.717, 1.165) is 53.6 Å². The number of carboxylic acids is 1. The average molecular weight is 446 g/mol. The Balaban J connectivity index is 1.30. The molecule has 1 N–H and O–H groups in total. The summed E-state index contributed by atoms with van der Waals surface area (Å²) in [6.07, 6.45) is 3.73. The van der Waals surface area contributed by atoms with E-state index in [9.17, 15) is 4.79 Å². The average Bonchev–Trinajstić information content (AvgIpc) is 2.70. The van der Waals surface area contributed by atoms with Gasteiger partial charge in [-0.15, -0.1) is 0 Å². The summed E-state index contributed by atoms with van der Waals surface area (Å²) in [7, 11) is 0. The number of carboxylic acid groups (broad SMARTS) is 1. The topological polar surface area (TPSA) is 49.8 Å². The normalized spacial score (nSPS) is 16.9. The Bertz CT molecular complexity index is 949. The summed E-state index contributed by atoms with van der Waals surface area (Å²) in [5.74, 6) is -0.0644. The largest absolute Gasteiger partial charge is 0.494 e. The summed E-state index contributed by atoms with van der Waals surface area (Å²) in [6, 6.07) is 14.1. The van der Waals surface area contributed by atoms with E-state index < -0.39 is 5.97 Å². The molecule has 0 saturated carbocycles. The van der Waals surface area contributed by atoms with Crippen LogP contribution in [0.5, 0.6) is 5.75 Å². The maximum Gasteiger partial charge on any atom is 0.309 e. The third-order valence-corrected chi connectivity index (χ3v) is 6.56. The Morgan fingerprint density at radius 1 is 1.10 bits per heavy atom. The predicted molar refractivity (Wildman–Crippen MR) is 120 cm³/mol. The first kappa shape index (κ1) is 21.2. The third-order valence-electron chi connectivity index (χ3n) is 5.83. The number of likely N-dealkylation sites (tertiary alicyclic amines) is 1. The van der Waals surface area contributed by atoms with E-state index in [2.05, 4.69) is 23.1 Å². The molecular weight excluding hydrogens is 421 g/mol. The molecule has 158 valence electrons. The van der Waals surface area contributed by atoms with Gasteiger partial charge in [0.2, 0.25) is 0 Å². The van der Waals surface area contributed by atoms with Crippen LogP contribution < -0.4 is 4.74 Å². The molecular formula is C24H25Cl2NO3. The Kier molecular flexibility index (Phi) is 6.67. The van der Waals surface area contributed by atoms with Crippen LogP contribution in [0.1, 0.15) is 29.5 Å². The summed E-state index contributed by atoms with van der Waals surface area (Å²) in [4.78, 5) is 13.1. The first-order valence-electron chi connectivity index (χ1n) is 10.3. The number of halogens is 2. The van der Waals surface area contributed by atoms with Crippen LogP contribution >= 0.6 is 23.2 Å². The molecule has 4 rings (SSSR count). The van der Waals surface area contributed by atoms with Crippen molar-refractivity contribution in [1.29, 1.82) is 0 Å². The molecule has 0 bridgehead atoms. The van der Waals surface area contributed by atoms with Crippen LogP contribution in [0.15, 0.2) is 48.0 Å². The van der Waals surface area contributed by atoms with Crippen molar-refractivity contribution in [2.75, 3.05) is 26.2 Å². The molecule has 30 heavy (non-hydrogen) atoms. The quantitative estimate of drug-likeness (QED) is 0.562. The molecule has 0 spiro atoms. The van der Waals surface area contributed by atoms with Gasteiger partial charge in [0.05, 0.1) is 12.5 Å². The van der Waals surface area contributed by atoms with Gasteiger partial charge in [0.15, 0.2) is 0 Å². The number of hydrogen-bond acceptors (Lipinski definition) is 3. The smallest absolute Gasteiger partial charge is 0.309 e. The molecule has 1 fully saturated rings. The summed E-state index contributed by atoms with van der Waals surface area (Å²) in [6.45, 7) is 2.64. The number of benzene rings is 2. The molecule has 1 saturated heterocycles. The summed E-state index contributed by atoms with van der Waals surface area (Å²) in [5, 5.41) is 10.6. The number of hydrogen-bond donors (Lipinski definition) is 1. The van der Waals surface area contributed by atoms with Crippen LogP contribution in [0.2, 0.25) is 5.02 Å². The number of aryl methyl sites for hydroxylation is 2. The molecule has 0 radical (unpaired) electrons. The van der Waals surface area contributed by atoms with Gasteiger partial charge >= 0.3 is 5.97 Å². The Hall–Kier alpha value is -2.01. The van der Waals surface area contributed by atoms with Gasteiger partial charge in [-0.25, -0.2) is 0 Å². The van der Waals surface area contributed by atoms with E-state index >= 15 is 0 Å². The van der Waals surface area contributed by atoms with Crippen molar-refractivity contribution in [3.05, 3.63) is 69.8 Å². The zero-order valence-electron chi connectivity index (χ0n) is 16.7. The van der Waals surface area contributed by atoms with Gasteiger partial charge in [0.1, 0.15) is 5.75 Å². The minimum absolute atomic E-state index is 0.236. The Morgan fingerprint density at radius 3 is 2.60 bits per heavy atom. The highest BCUT2D eigenvalue weighted by atomic mass is 35.5. The summed E-state index contributed by atoms with van der Waals surface area (Å²) < 4.78 is 5.96. The standard InChI is InChI=1S/C24H25Cl2NO3/c25-20-7-3-16(4-8-20)2-1-11-30-21-9-10-22-17(12-21)5-6-18(23(22)26)13-27-14-19(15-27)24(28)29/h3-4,7-10,12,19H,1-2,5-6,11,13-15H2,(H,28,29). The fourth-order valence-electron chi connectivity index (χ4n) is 4.06. The molecule has 0 amide bonds. The van der Waals surface area contributed by atoms with Crippen molar-refractivity contribution in [3.8, 4) is 5.75 Å². The lowest BCUT2D eigenvalue weighted by atomic mass is 9.90. The van der Waals surface area contributed by atoms with Gasteiger partial charge in [-0.1, -0.05) is 35.3 Å². The lowest BCUT2D eigenvalue weighted by Gasteiger charge is -2.38. The zero-order chi connectivity index (χ0) is 21.1. The molecule has 1 aliphatic heterocycles. The highest BCUT2D eigenvalue weighted by Crippen LogP contribution is 2.37. The van der Waals surface area contributed by atoms with Crippen LogP contribution in [-0.2, 0) is 17.6 Å². The Labute approximate surface area is 187 Å². The number of nitrogens with zero attached hydrogens (tertiary/aromatic N) is 1. The van der Waals surface area contributed by atoms with Crippen LogP contribution in [0, 0.1) is 5.92 Å². The van der Waals surface area contributed by atoms with Gasteiger partial charge in [-0.05, 0) is 78.3 Å². The molecule has 0 aromatic heterocycles. The SMILES string of the molecule is O=C(O)C1CN(CC2=C(Cl)c3ccc(OCCCc4ccc(Cl)cc4)cc3CC2)C1. The highest BCUT2D eigenvalue weighted by Gasteiger charge is 2.33. The number of carbonyl (C=O) groups is 1. The molecule has 6 heteroatoms. The van der Waals surface area contributed by atoms with Crippen LogP contribution in [0.4, 0.5) is 0 Å². The fraction of sp³-hybridized carbons (Fsp3) is 0.375. The minimum Gasteiger partial charge on any atom is -0.494 e. The van der Waals surface area contributed by atoms with Crippen LogP contribution in [0.25, 0.3) is 5.03 Å². The number of rotatable bonds is 8. The van der Waals surface area contributed by atoms with Gasteiger partial charge < -0.3 is 9.84 Å². The first-order valence-corrected chi connectivity index (χ1v) is 11.1. The second-order valence-electron chi connectivity index (χ2n) is 8.04. The number of aliphatic carboxylic acids is 1. The van der Waals surface area contributed by atoms with Gasteiger partial charge in [-0.2, -0.15) is 0 Å². The van der Waals surface area contributed by atoms with E-state index in [-0.39, 0.29) is 5.92 Å². The summed E-state index contributed by atoms with van der Waals surface area (Å²) in [5.41, 5.74) is 4.74. The zero-order valence-corrected chi connectivity index (χ0v) is 18.3. The van der Waals surface area contributed by atoms with E-state index in [0.29, 0.717) is 19.7 Å². The van der Waals surface area contributed by atoms with Crippen molar-refractivity contribution >= 4 is 34.2 Å². The first-order chi connectivity index (χ1) is 14.5. The lowest BCUT2D eigenvalue weighted by molar-refractivity contribution is -0.147. The van der Waals surface area contributed by atoms with Crippen molar-refractivity contribution in [1.82, 2.24) is 4.90 Å². The van der Waals surface area contributed by atoms with Crippen molar-refractivity contribution < 1.29 is 14.6 Å². The third kappa shape index (κ3) is 5.00. The number of fused-ring (bicyclic) bond motifs is 1. The molecule has 2 aliphatic rings. The lowest BCUT2D eigenvalue weighted by Crippen LogP contribution is -2.50. The molecule has 1 aliphatic carbocycles. The maximum atomic E-state index is 11.0. The molecule has 1 heterocycles. The van der Waals surface area contributed by atoms with Gasteiger partial charge in [0.25, 0.3) is 0 Å². The number of ether oxygens (including phenoxy) is 1. The molecule has 2 aromatic carbocycles. The maximum absolute atomic E-state index is 11.0. The monoisotopic (exact) mass is 445 g/mol. The van der Waals surface area contributed by atoms with E-state index in [1.165, 1.54) is 16.7 Å². The molecule has 0 unspecified atom stereocenters. The second-order valence-corrected chi connectivity index (χ2v) is 8.86. The molecule has 0 atom stereocenters. The van der Waals surface area contributed by atoms with Gasteiger partial charge in [0, 0.05) is 29.7 Å². The molecule has 4 nitrogen and oxygen atoms in total. The Morgan fingerprint density at radius 2 is 1.87 bits per heavy atom. The summed E-state index contributed by atoms with van der Waals surface area (Å²) >= 11 is 12.6. The highest BCUT2D eigenvalue weighted by molar-refractivity contribution is 6.49. The van der Waals surface area contributed by atoms with Crippen molar-refractivity contribution in [2.24, 2.45) is 5.92 Å². The minimum atomic E-state index is -0.707. The second kappa shape index (κ2) is 9.42. The fourth-order valence-corrected chi connectivity index (χ4v) is 4.52. The van der Waals surface area contributed by atoms with Crippen molar-refractivity contribution in [3.63, 3.8) is 0 Å². The van der Waals surface area contributed by atoms with E-state index in [1.807, 2.05) is 24.3 Å². The van der Waals surface area contributed by atoms with Crippen LogP contribution in [0.3, 0.4) is 0 Å². The van der Waals surface area contributed by atoms with E-state index in [1.54, 1.807) is 0 Å². The van der Waals surface area contributed by atoms with Crippen LogP contribution in [-0.4, -0.2) is 42.2 Å². The molecule has 2 aromatic rings. The predicted octanol–water partition coefficient (Wildman–Crippen LogP) is 5.26. The van der Waals surface area contributed by atoms with E-state index in [4.69, 9.17) is 33.0 Å².